The largest absolute Gasteiger partial charge is 0.481 e. The molecule has 0 radical (unpaired) electrons. The highest BCUT2D eigenvalue weighted by molar-refractivity contribution is 6.01. The number of hydrogen-bond donors (Lipinski definition) is 2. The number of carboxylic acids is 1. The first-order valence-electron chi connectivity index (χ1n) is 6.93. The second kappa shape index (κ2) is 6.79. The number of rotatable bonds is 5. The van der Waals surface area contributed by atoms with Gasteiger partial charge in [-0.05, 0) is 25.1 Å². The number of ether oxygens (including phenoxy) is 1. The number of nitrogens with one attached hydrogen (secondary N) is 1. The Balaban J connectivity index is 2.20. The van der Waals surface area contributed by atoms with Crippen molar-refractivity contribution in [2.24, 2.45) is 0 Å². The summed E-state index contributed by atoms with van der Waals surface area (Å²) in [4.78, 5) is 35.5. The highest BCUT2D eigenvalue weighted by atomic mass is 16.5. The highest BCUT2D eigenvalue weighted by Crippen LogP contribution is 2.36. The molecular weight excluding hydrogens is 302 g/mol. The number of benzene rings is 1. The fraction of sp³-hybridized carbons (Fsp3) is 0.333. The van der Waals surface area contributed by atoms with Gasteiger partial charge in [0, 0.05) is 12.1 Å². The molecule has 8 heteroatoms. The van der Waals surface area contributed by atoms with Gasteiger partial charge in [-0.1, -0.05) is 0 Å². The van der Waals surface area contributed by atoms with Gasteiger partial charge in [0.1, 0.15) is 12.3 Å². The summed E-state index contributed by atoms with van der Waals surface area (Å²) in [6.07, 6.45) is -1.11. The molecule has 0 bridgehead atoms. The van der Waals surface area contributed by atoms with Crippen LogP contribution in [-0.2, 0) is 14.4 Å². The Morgan fingerprint density at radius 3 is 2.83 bits per heavy atom. The van der Waals surface area contributed by atoms with Gasteiger partial charge in [0.2, 0.25) is 5.91 Å². The maximum atomic E-state index is 12.1. The van der Waals surface area contributed by atoms with Crippen LogP contribution in [0.15, 0.2) is 18.2 Å². The molecule has 0 spiro atoms. The normalized spacial score (nSPS) is 16.1. The molecule has 1 aromatic rings. The molecule has 1 heterocycles. The Labute approximate surface area is 132 Å². The van der Waals surface area contributed by atoms with E-state index in [0.29, 0.717) is 17.1 Å². The van der Waals surface area contributed by atoms with Crippen LogP contribution in [0.4, 0.5) is 11.4 Å². The summed E-state index contributed by atoms with van der Waals surface area (Å²) in [6, 6.07) is 6.62. The molecule has 1 unspecified atom stereocenters. The molecule has 1 aliphatic heterocycles. The Morgan fingerprint density at radius 2 is 2.17 bits per heavy atom. The Hall–Kier alpha value is -3.08. The number of carboxylic acid groups (broad SMARTS) is 1. The zero-order valence-electron chi connectivity index (χ0n) is 12.4. The molecule has 0 saturated carbocycles. The lowest BCUT2D eigenvalue weighted by Crippen LogP contribution is -2.44. The van der Waals surface area contributed by atoms with Gasteiger partial charge in [0.25, 0.3) is 5.91 Å². The van der Waals surface area contributed by atoms with E-state index in [1.54, 1.807) is 19.1 Å². The van der Waals surface area contributed by atoms with E-state index in [4.69, 9.17) is 15.1 Å². The summed E-state index contributed by atoms with van der Waals surface area (Å²) >= 11 is 0. The molecule has 0 saturated heterocycles. The lowest BCUT2D eigenvalue weighted by molar-refractivity contribution is -0.138. The van der Waals surface area contributed by atoms with E-state index < -0.39 is 18.0 Å². The van der Waals surface area contributed by atoms with Gasteiger partial charge in [-0.15, -0.1) is 0 Å². The Kier molecular flexibility index (Phi) is 4.81. The fourth-order valence-corrected chi connectivity index (χ4v) is 2.16. The molecule has 120 valence electrons. The molecule has 0 aliphatic carbocycles. The third-order valence-electron chi connectivity index (χ3n) is 3.25. The van der Waals surface area contributed by atoms with E-state index in [0.717, 1.165) is 0 Å². The van der Waals surface area contributed by atoms with E-state index in [1.165, 1.54) is 11.0 Å². The Morgan fingerprint density at radius 1 is 1.43 bits per heavy atom. The lowest BCUT2D eigenvalue weighted by Gasteiger charge is -2.31. The van der Waals surface area contributed by atoms with Crippen LogP contribution in [0.3, 0.4) is 0 Å². The predicted molar refractivity (Wildman–Crippen MR) is 80.0 cm³/mol. The first-order chi connectivity index (χ1) is 10.9. The van der Waals surface area contributed by atoms with Crippen molar-refractivity contribution in [3.8, 4) is 11.8 Å². The minimum Gasteiger partial charge on any atom is -0.481 e. The zero-order valence-corrected chi connectivity index (χ0v) is 12.4. The number of nitrogens with zero attached hydrogens (tertiary/aromatic N) is 2. The topological polar surface area (TPSA) is 120 Å². The molecule has 1 atom stereocenters. The van der Waals surface area contributed by atoms with Gasteiger partial charge < -0.3 is 15.2 Å². The molecule has 1 aromatic carbocycles. The molecule has 2 rings (SSSR count). The van der Waals surface area contributed by atoms with E-state index in [1.807, 2.05) is 6.07 Å². The number of carbonyl (C=O) groups is 3. The maximum Gasteiger partial charge on any atom is 0.303 e. The third kappa shape index (κ3) is 3.77. The molecule has 2 N–H and O–H groups in total. The van der Waals surface area contributed by atoms with Gasteiger partial charge >= 0.3 is 5.97 Å². The van der Waals surface area contributed by atoms with Gasteiger partial charge in [-0.2, -0.15) is 5.26 Å². The molecule has 2 amide bonds. The average Bonchev–Trinajstić information content (AvgIpc) is 2.50. The van der Waals surface area contributed by atoms with Gasteiger partial charge in [0.05, 0.1) is 18.2 Å². The van der Waals surface area contributed by atoms with Crippen LogP contribution in [0.5, 0.6) is 5.75 Å². The van der Waals surface area contributed by atoms with Gasteiger partial charge in [-0.3, -0.25) is 19.3 Å². The molecule has 1 aliphatic rings. The van der Waals surface area contributed by atoms with E-state index in [-0.39, 0.29) is 25.3 Å². The zero-order chi connectivity index (χ0) is 17.0. The van der Waals surface area contributed by atoms with Crippen molar-refractivity contribution in [3.05, 3.63) is 18.2 Å². The van der Waals surface area contributed by atoms with Gasteiger partial charge in [0.15, 0.2) is 6.10 Å². The molecule has 0 aromatic heterocycles. The first kappa shape index (κ1) is 16.3. The number of aliphatic carboxylic acids is 1. The predicted octanol–water partition coefficient (Wildman–Crippen LogP) is 1.13. The Bertz CT molecular complexity index is 695. The lowest BCUT2D eigenvalue weighted by atomic mass is 10.1. The van der Waals surface area contributed by atoms with E-state index in [2.05, 4.69) is 5.32 Å². The summed E-state index contributed by atoms with van der Waals surface area (Å²) in [7, 11) is 0. The molecule has 0 fully saturated rings. The number of hydrogen-bond acceptors (Lipinski definition) is 5. The summed E-state index contributed by atoms with van der Waals surface area (Å²) in [5.41, 5.74) is 0.790. The number of anilines is 2. The van der Waals surface area contributed by atoms with Gasteiger partial charge in [-0.25, -0.2) is 0 Å². The third-order valence-corrected chi connectivity index (χ3v) is 3.25. The minimum atomic E-state index is -1.06. The summed E-state index contributed by atoms with van der Waals surface area (Å²) < 4.78 is 5.47. The quantitative estimate of drug-likeness (QED) is 0.785. The van der Waals surface area contributed by atoms with Crippen LogP contribution in [0.2, 0.25) is 0 Å². The minimum absolute atomic E-state index is 0.129. The van der Waals surface area contributed by atoms with Crippen molar-refractivity contribution >= 4 is 29.2 Å². The number of amides is 2. The standard InChI is InChI=1S/C15H15N3O5/c1-9-15(22)18(7-6-16)11-8-10(2-3-12(11)23-9)17-13(19)4-5-14(20)21/h2-3,8-9H,4-5,7H2,1H3,(H,17,19)(H,20,21). The van der Waals surface area contributed by atoms with Crippen molar-refractivity contribution in [1.82, 2.24) is 0 Å². The van der Waals surface area contributed by atoms with Crippen molar-refractivity contribution in [1.29, 1.82) is 5.26 Å². The van der Waals surface area contributed by atoms with Crippen LogP contribution >= 0.6 is 0 Å². The molecular formula is C15H15N3O5. The number of carbonyl (C=O) groups excluding carboxylic acids is 2. The van der Waals surface area contributed by atoms with Crippen LogP contribution < -0.4 is 15.0 Å². The fourth-order valence-electron chi connectivity index (χ4n) is 2.16. The second-order valence-electron chi connectivity index (χ2n) is 4.97. The second-order valence-corrected chi connectivity index (χ2v) is 4.97. The first-order valence-corrected chi connectivity index (χ1v) is 6.93. The average molecular weight is 317 g/mol. The smallest absolute Gasteiger partial charge is 0.303 e. The maximum absolute atomic E-state index is 12.1. The number of nitriles is 1. The summed E-state index contributed by atoms with van der Waals surface area (Å²) in [5, 5.41) is 20.0. The van der Waals surface area contributed by atoms with Crippen LogP contribution in [-0.4, -0.2) is 35.5 Å². The van der Waals surface area contributed by atoms with Crippen molar-refractivity contribution in [2.45, 2.75) is 25.9 Å². The summed E-state index contributed by atoms with van der Waals surface area (Å²) in [5.74, 6) is -1.40. The van der Waals surface area contributed by atoms with Crippen molar-refractivity contribution in [3.63, 3.8) is 0 Å². The highest BCUT2D eigenvalue weighted by Gasteiger charge is 2.31. The summed E-state index contributed by atoms with van der Waals surface area (Å²) in [6.45, 7) is 1.47. The molecule has 23 heavy (non-hydrogen) atoms. The van der Waals surface area contributed by atoms with Crippen molar-refractivity contribution < 1.29 is 24.2 Å². The SMILES string of the molecule is CC1Oc2ccc(NC(=O)CCC(=O)O)cc2N(CC#N)C1=O. The van der Waals surface area contributed by atoms with Crippen LogP contribution in [0.1, 0.15) is 19.8 Å². The van der Waals surface area contributed by atoms with E-state index >= 15 is 0 Å². The number of fused-ring (bicyclic) bond motifs is 1. The van der Waals surface area contributed by atoms with E-state index in [9.17, 15) is 14.4 Å². The van der Waals surface area contributed by atoms with Crippen LogP contribution in [0, 0.1) is 11.3 Å². The molecule has 8 nitrogen and oxygen atoms in total. The van der Waals surface area contributed by atoms with Crippen molar-refractivity contribution in [2.75, 3.05) is 16.8 Å². The van der Waals surface area contributed by atoms with Crippen LogP contribution in [0.25, 0.3) is 0 Å². The monoisotopic (exact) mass is 317 g/mol.